The maximum absolute atomic E-state index is 14.3. The number of aliphatic hydroxyl groups is 1. The Kier molecular flexibility index (Phi) is 16.6. The number of Topliss-reactive ketones (excluding diaryl/α,β-unsaturated/α-hetero) is 2. The van der Waals surface area contributed by atoms with Gasteiger partial charge in [0.1, 0.15) is 23.6 Å². The van der Waals surface area contributed by atoms with Crippen LogP contribution in [0.2, 0.25) is 0 Å². The van der Waals surface area contributed by atoms with Gasteiger partial charge in [0.2, 0.25) is 0 Å². The van der Waals surface area contributed by atoms with Gasteiger partial charge in [-0.25, -0.2) is 0 Å². The summed E-state index contributed by atoms with van der Waals surface area (Å²) in [6.45, 7) is 15.4. The maximum atomic E-state index is 14.3. The molecule has 2 fully saturated rings. The number of likely N-dealkylation sites (N-methyl/N-ethyl adjacent to an activating group) is 1. The Balaban J connectivity index is 1.45. The highest BCUT2D eigenvalue weighted by atomic mass is 127. The Labute approximate surface area is 355 Å². The van der Waals surface area contributed by atoms with Gasteiger partial charge < -0.3 is 44.1 Å². The molecule has 17 heteroatoms. The summed E-state index contributed by atoms with van der Waals surface area (Å²) in [6.07, 6.45) is 0.319. The SMILES string of the molecule is CO[C@](C)(C[C@@H](C)C(C)=O)[C@H](O[C@@H]1O[C@H](C)C[C@H](N(C)C)[C@H]1O)[C@@H](C)C(=O)[C@@H](C)C(=O)O[C@H](I)[C@@](C)(OC=O)[C@@H](C)NC1CN(Cc2c(O)cnc3cccnc23)C1. The van der Waals surface area contributed by atoms with Gasteiger partial charge in [0.05, 0.1) is 35.0 Å². The van der Waals surface area contributed by atoms with E-state index in [9.17, 15) is 29.4 Å². The number of esters is 1. The largest absolute Gasteiger partial charge is 0.506 e. The van der Waals surface area contributed by atoms with Crippen LogP contribution in [-0.4, -0.2) is 146 Å². The third-order valence-corrected chi connectivity index (χ3v) is 13.6. The van der Waals surface area contributed by atoms with Crippen molar-refractivity contribution in [3.63, 3.8) is 0 Å². The average molecular weight is 928 g/mol. The quantitative estimate of drug-likeness (QED) is 0.0541. The normalized spacial score (nSPS) is 25.6. The number of aromatic nitrogens is 2. The van der Waals surface area contributed by atoms with Crippen molar-refractivity contribution in [3.05, 3.63) is 30.1 Å². The standard InChI is InChI=1S/C41H62IN5O11/c1-22(26(5)49)16-40(7,54-11)36(57-38-35(52)31(46(9)10)15-23(2)56-38)24(3)34(51)25(4)37(53)58-39(42)41(8,55-21-48)27(6)45-28-18-47(19-28)20-29-32(50)17-44-30-13-12-14-43-33(29)30/h12-14,17,21-25,27-28,31,35-36,38-39,45,50,52H,15-16,18-20H2,1-11H3/t22-,23-,24+,25-,27-,31+,35-,36-,38+,39+,40-,41+/m1/s1. The van der Waals surface area contributed by atoms with E-state index in [2.05, 4.69) is 20.2 Å². The number of alkyl halides is 1. The van der Waals surface area contributed by atoms with E-state index in [1.807, 2.05) is 61.5 Å². The summed E-state index contributed by atoms with van der Waals surface area (Å²) < 4.78 is 29.1. The van der Waals surface area contributed by atoms with E-state index >= 15 is 0 Å². The van der Waals surface area contributed by atoms with E-state index in [4.69, 9.17) is 23.7 Å². The molecule has 58 heavy (non-hydrogen) atoms. The molecule has 16 nitrogen and oxygen atoms in total. The van der Waals surface area contributed by atoms with Crippen molar-refractivity contribution in [2.75, 3.05) is 34.3 Å². The lowest BCUT2D eigenvalue weighted by Gasteiger charge is -2.46. The predicted molar refractivity (Wildman–Crippen MR) is 223 cm³/mol. The fourth-order valence-corrected chi connectivity index (χ4v) is 8.80. The minimum Gasteiger partial charge on any atom is -0.506 e. The molecule has 2 aromatic rings. The first kappa shape index (κ1) is 47.8. The number of hydrogen-bond acceptors (Lipinski definition) is 16. The molecule has 2 saturated heterocycles. The van der Waals surface area contributed by atoms with Crippen LogP contribution in [0.15, 0.2) is 24.5 Å². The second-order valence-corrected chi connectivity index (χ2v) is 17.8. The Hall–Kier alpha value is -2.91. The van der Waals surface area contributed by atoms with Crippen molar-refractivity contribution in [1.29, 1.82) is 0 Å². The Morgan fingerprint density at radius 1 is 1.17 bits per heavy atom. The van der Waals surface area contributed by atoms with Gasteiger partial charge in [-0.05, 0) is 103 Å². The number of methoxy groups -OCH3 is 1. The van der Waals surface area contributed by atoms with Gasteiger partial charge in [-0.1, -0.05) is 13.8 Å². The lowest BCUT2D eigenvalue weighted by atomic mass is 9.78. The first-order chi connectivity index (χ1) is 27.2. The van der Waals surface area contributed by atoms with Gasteiger partial charge in [-0.15, -0.1) is 0 Å². The molecule has 0 aliphatic carbocycles. The third kappa shape index (κ3) is 10.9. The van der Waals surface area contributed by atoms with Crippen molar-refractivity contribution in [3.8, 4) is 5.75 Å². The number of ether oxygens (including phenoxy) is 5. The van der Waals surface area contributed by atoms with Crippen LogP contribution in [0, 0.1) is 17.8 Å². The Morgan fingerprint density at radius 2 is 1.84 bits per heavy atom. The number of likely N-dealkylation sites (tertiary alicyclic amines) is 1. The van der Waals surface area contributed by atoms with Crippen molar-refractivity contribution >= 4 is 57.6 Å². The average Bonchev–Trinajstić information content (AvgIpc) is 3.16. The monoisotopic (exact) mass is 927 g/mol. The highest BCUT2D eigenvalue weighted by Gasteiger charge is 2.50. The Morgan fingerprint density at radius 3 is 2.45 bits per heavy atom. The molecule has 0 unspecified atom stereocenters. The number of aromatic hydroxyl groups is 1. The van der Waals surface area contributed by atoms with Gasteiger partial charge in [0.15, 0.2) is 21.8 Å². The zero-order chi connectivity index (χ0) is 43.3. The number of carbonyl (C=O) groups excluding carboxylic acids is 4. The molecule has 2 aliphatic rings. The summed E-state index contributed by atoms with van der Waals surface area (Å²) in [4.78, 5) is 65.0. The topological polar surface area (TPSA) is 199 Å². The fourth-order valence-electron chi connectivity index (χ4n) is 7.86. The summed E-state index contributed by atoms with van der Waals surface area (Å²) >= 11 is 1.90. The molecule has 0 aromatic carbocycles. The summed E-state index contributed by atoms with van der Waals surface area (Å²) in [5, 5.41) is 25.4. The molecular weight excluding hydrogens is 865 g/mol. The van der Waals surface area contributed by atoms with Crippen molar-refractivity contribution in [1.82, 2.24) is 25.1 Å². The van der Waals surface area contributed by atoms with Crippen LogP contribution in [0.1, 0.15) is 73.8 Å². The van der Waals surface area contributed by atoms with Gasteiger partial charge >= 0.3 is 5.97 Å². The summed E-state index contributed by atoms with van der Waals surface area (Å²) in [5.74, 6) is -4.07. The van der Waals surface area contributed by atoms with Gasteiger partial charge in [0, 0.05) is 68.5 Å². The fraction of sp³-hybridized carbons (Fsp3) is 0.707. The number of pyridine rings is 2. The van der Waals surface area contributed by atoms with Crippen molar-refractivity contribution < 1.29 is 53.1 Å². The number of halogens is 1. The van der Waals surface area contributed by atoms with Crippen LogP contribution in [-0.2, 0) is 49.4 Å². The molecule has 0 spiro atoms. The van der Waals surface area contributed by atoms with Crippen LogP contribution in [0.5, 0.6) is 5.75 Å². The molecule has 2 aromatic heterocycles. The number of nitrogens with zero attached hydrogens (tertiary/aromatic N) is 4. The second-order valence-electron chi connectivity index (χ2n) is 16.7. The number of hydrogen-bond donors (Lipinski definition) is 3. The van der Waals surface area contributed by atoms with Crippen LogP contribution in [0.25, 0.3) is 11.0 Å². The van der Waals surface area contributed by atoms with E-state index < -0.39 is 69.4 Å². The zero-order valence-corrected chi connectivity index (χ0v) is 37.7. The highest BCUT2D eigenvalue weighted by Crippen LogP contribution is 2.37. The molecular formula is C41H62IN5O11. The second kappa shape index (κ2) is 20.1. The van der Waals surface area contributed by atoms with Gasteiger partial charge in [-0.3, -0.25) is 34.0 Å². The minimum absolute atomic E-state index is 0.00571. The smallest absolute Gasteiger partial charge is 0.317 e. The number of fused-ring (bicyclic) bond motifs is 1. The minimum atomic E-state index is -1.34. The molecule has 3 N–H and O–H groups in total. The summed E-state index contributed by atoms with van der Waals surface area (Å²) in [5.41, 5.74) is -0.541. The van der Waals surface area contributed by atoms with Crippen LogP contribution in [0.4, 0.5) is 0 Å². The molecule has 0 amide bonds. The summed E-state index contributed by atoms with van der Waals surface area (Å²) in [6, 6.07) is 2.84. The van der Waals surface area contributed by atoms with Crippen molar-refractivity contribution in [2.24, 2.45) is 17.8 Å². The molecule has 4 heterocycles. The maximum Gasteiger partial charge on any atom is 0.317 e. The van der Waals surface area contributed by atoms with Crippen LogP contribution in [0.3, 0.4) is 0 Å². The van der Waals surface area contributed by atoms with E-state index in [1.54, 1.807) is 40.0 Å². The predicted octanol–water partition coefficient (Wildman–Crippen LogP) is 3.41. The number of carbonyl (C=O) groups is 4. The number of ketones is 2. The molecule has 0 saturated carbocycles. The van der Waals surface area contributed by atoms with E-state index in [0.29, 0.717) is 49.1 Å². The number of rotatable bonds is 21. The number of nitrogens with one attached hydrogen (secondary N) is 1. The molecule has 0 bridgehead atoms. The van der Waals surface area contributed by atoms with Crippen LogP contribution >= 0.6 is 22.6 Å². The molecule has 2 aliphatic heterocycles. The molecule has 4 rings (SSSR count). The van der Waals surface area contributed by atoms with Crippen LogP contribution < -0.4 is 5.32 Å². The summed E-state index contributed by atoms with van der Waals surface area (Å²) in [7, 11) is 5.18. The van der Waals surface area contributed by atoms with Gasteiger partial charge in [-0.2, -0.15) is 0 Å². The van der Waals surface area contributed by atoms with E-state index in [-0.39, 0.29) is 36.1 Å². The van der Waals surface area contributed by atoms with E-state index in [1.165, 1.54) is 27.2 Å². The molecule has 12 atom stereocenters. The third-order valence-electron chi connectivity index (χ3n) is 12.1. The highest BCUT2D eigenvalue weighted by molar-refractivity contribution is 14.1. The van der Waals surface area contributed by atoms with Gasteiger partial charge in [0.25, 0.3) is 6.47 Å². The van der Waals surface area contributed by atoms with E-state index in [0.717, 1.165) is 0 Å². The zero-order valence-electron chi connectivity index (χ0n) is 35.5. The molecule has 0 radical (unpaired) electrons. The Bertz CT molecular complexity index is 1750. The lowest BCUT2D eigenvalue weighted by molar-refractivity contribution is -0.295. The lowest BCUT2D eigenvalue weighted by Crippen LogP contribution is -2.65. The first-order valence-corrected chi connectivity index (χ1v) is 21.0. The number of aliphatic hydroxyl groups excluding tert-OH is 1. The van der Waals surface area contributed by atoms with Crippen molar-refractivity contribution in [2.45, 2.75) is 133 Å². The first-order valence-electron chi connectivity index (χ1n) is 19.8. The molecule has 324 valence electrons.